The van der Waals surface area contributed by atoms with Gasteiger partial charge in [0.15, 0.2) is 15.6 Å². The van der Waals surface area contributed by atoms with Crippen LogP contribution in [0.1, 0.15) is 23.7 Å². The third kappa shape index (κ3) is 3.63. The van der Waals surface area contributed by atoms with Gasteiger partial charge < -0.3 is 4.90 Å². The number of anilines is 1. The Hall–Kier alpha value is -1.40. The molecule has 21 heavy (non-hydrogen) atoms. The predicted octanol–water partition coefficient (Wildman–Crippen LogP) is 1.65. The van der Waals surface area contributed by atoms with Crippen LogP contribution in [-0.2, 0) is 14.6 Å². The van der Waals surface area contributed by atoms with Gasteiger partial charge in [0, 0.05) is 11.3 Å². The normalized spacial score (nSPS) is 20.2. The first kappa shape index (κ1) is 16.0. The summed E-state index contributed by atoms with van der Waals surface area (Å²) in [6.45, 7) is 1.46. The number of sulfone groups is 1. The van der Waals surface area contributed by atoms with Crippen LogP contribution in [0.4, 0.5) is 5.69 Å². The van der Waals surface area contributed by atoms with Crippen LogP contribution in [0, 0.1) is 0 Å². The lowest BCUT2D eigenvalue weighted by molar-refractivity contribution is -0.116. The van der Waals surface area contributed by atoms with E-state index < -0.39 is 15.9 Å². The molecule has 7 heteroatoms. The number of Topliss-reactive ketones (excluding diaryl/α,β-unsaturated/α-hetero) is 1. The summed E-state index contributed by atoms with van der Waals surface area (Å²) in [5.41, 5.74) is 1.10. The Morgan fingerprint density at radius 3 is 2.33 bits per heavy atom. The summed E-state index contributed by atoms with van der Waals surface area (Å²) in [4.78, 5) is 24.8. The molecule has 5 nitrogen and oxygen atoms in total. The minimum atomic E-state index is -3.10. The van der Waals surface area contributed by atoms with Crippen LogP contribution in [0.5, 0.6) is 0 Å². The van der Waals surface area contributed by atoms with Crippen molar-refractivity contribution < 1.29 is 18.0 Å². The van der Waals surface area contributed by atoms with E-state index in [2.05, 4.69) is 0 Å². The average molecular weight is 330 g/mol. The number of amides is 1. The van der Waals surface area contributed by atoms with Crippen molar-refractivity contribution in [3.63, 3.8) is 0 Å². The van der Waals surface area contributed by atoms with E-state index in [0.717, 1.165) is 0 Å². The molecule has 1 saturated heterocycles. The van der Waals surface area contributed by atoms with Gasteiger partial charge in [0.2, 0.25) is 5.91 Å². The summed E-state index contributed by atoms with van der Waals surface area (Å²) < 4.78 is 23.2. The quantitative estimate of drug-likeness (QED) is 0.622. The lowest BCUT2D eigenvalue weighted by Gasteiger charge is -2.27. The molecule has 0 saturated carbocycles. The maximum Gasteiger partial charge on any atom is 0.242 e. The molecule has 1 aliphatic heterocycles. The van der Waals surface area contributed by atoms with Crippen molar-refractivity contribution in [3.8, 4) is 0 Å². The number of hydrogen-bond donors (Lipinski definition) is 0. The Bertz CT molecular complexity index is 654. The molecule has 2 rings (SSSR count). The third-order valence-electron chi connectivity index (χ3n) is 3.51. The molecule has 0 bridgehead atoms. The zero-order chi connectivity index (χ0) is 15.6. The van der Waals surface area contributed by atoms with Crippen LogP contribution in [0.3, 0.4) is 0 Å². The average Bonchev–Trinajstić information content (AvgIpc) is 2.79. The number of carbonyl (C=O) groups excluding carboxylic acids is 2. The molecule has 0 aromatic heterocycles. The number of nitrogens with zero attached hydrogens (tertiary/aromatic N) is 1. The van der Waals surface area contributed by atoms with E-state index in [1.54, 1.807) is 24.3 Å². The number of halogens is 1. The molecule has 1 fully saturated rings. The number of carbonyl (C=O) groups is 2. The lowest BCUT2D eigenvalue weighted by Crippen LogP contribution is -2.42. The molecular weight excluding hydrogens is 314 g/mol. The molecule has 0 unspecified atom stereocenters. The summed E-state index contributed by atoms with van der Waals surface area (Å²) in [6, 6.07) is 6.13. The molecule has 114 valence electrons. The largest absolute Gasteiger partial charge is 0.307 e. The van der Waals surface area contributed by atoms with E-state index in [1.165, 1.54) is 11.8 Å². The Morgan fingerprint density at radius 1 is 1.29 bits per heavy atom. The fourth-order valence-electron chi connectivity index (χ4n) is 2.46. The van der Waals surface area contributed by atoms with E-state index in [-0.39, 0.29) is 29.1 Å². The van der Waals surface area contributed by atoms with Gasteiger partial charge in [-0.1, -0.05) is 0 Å². The first-order valence-corrected chi connectivity index (χ1v) is 8.89. The second kappa shape index (κ2) is 6.15. The molecule has 1 amide bonds. The van der Waals surface area contributed by atoms with Crippen LogP contribution in [-0.4, -0.2) is 43.5 Å². The zero-order valence-corrected chi connectivity index (χ0v) is 13.2. The van der Waals surface area contributed by atoms with Gasteiger partial charge in [0.25, 0.3) is 0 Å². The van der Waals surface area contributed by atoms with Crippen molar-refractivity contribution >= 4 is 38.8 Å². The topological polar surface area (TPSA) is 71.5 Å². The van der Waals surface area contributed by atoms with Gasteiger partial charge in [0.05, 0.1) is 17.5 Å². The Labute approximate surface area is 128 Å². The number of ketones is 1. The van der Waals surface area contributed by atoms with E-state index in [1.807, 2.05) is 0 Å². The highest BCUT2D eigenvalue weighted by molar-refractivity contribution is 7.91. The minimum absolute atomic E-state index is 0.0515. The fraction of sp³-hybridized carbons (Fsp3) is 0.429. The smallest absolute Gasteiger partial charge is 0.242 e. The molecule has 0 aliphatic carbocycles. The summed E-state index contributed by atoms with van der Waals surface area (Å²) >= 11 is 5.63. The summed E-state index contributed by atoms with van der Waals surface area (Å²) in [7, 11) is -3.10. The molecule has 1 aliphatic rings. The second-order valence-corrected chi connectivity index (χ2v) is 7.55. The van der Waals surface area contributed by atoms with Crippen LogP contribution < -0.4 is 4.90 Å². The third-order valence-corrected chi connectivity index (χ3v) is 5.49. The van der Waals surface area contributed by atoms with E-state index in [4.69, 9.17) is 11.6 Å². The number of benzene rings is 1. The summed E-state index contributed by atoms with van der Waals surface area (Å²) in [6.07, 6.45) is 0.402. The Balaban J connectivity index is 2.32. The van der Waals surface area contributed by atoms with Gasteiger partial charge in [-0.15, -0.1) is 11.6 Å². The SMILES string of the molecule is CC(=O)c1ccc(N(C(=O)CCl)[C@@H]2CCS(=O)(=O)C2)cc1. The highest BCUT2D eigenvalue weighted by Gasteiger charge is 2.35. The number of rotatable bonds is 4. The Morgan fingerprint density at radius 2 is 1.90 bits per heavy atom. The standard InChI is InChI=1S/C14H16ClNO4S/c1-10(17)11-2-4-12(5-3-11)16(14(18)8-15)13-6-7-21(19,20)9-13/h2-5,13H,6-9H2,1H3/t13-/m1/s1. The van der Waals surface area contributed by atoms with Crippen LogP contribution in [0.25, 0.3) is 0 Å². The molecule has 0 radical (unpaired) electrons. The highest BCUT2D eigenvalue weighted by Crippen LogP contribution is 2.25. The van der Waals surface area contributed by atoms with Crippen molar-refractivity contribution in [1.29, 1.82) is 0 Å². The van der Waals surface area contributed by atoms with Gasteiger partial charge in [-0.2, -0.15) is 0 Å². The van der Waals surface area contributed by atoms with Crippen molar-refractivity contribution in [1.82, 2.24) is 0 Å². The molecule has 1 aromatic rings. The second-order valence-electron chi connectivity index (χ2n) is 5.06. The lowest BCUT2D eigenvalue weighted by atomic mass is 10.1. The van der Waals surface area contributed by atoms with Crippen molar-refractivity contribution in [2.45, 2.75) is 19.4 Å². The van der Waals surface area contributed by atoms with E-state index in [9.17, 15) is 18.0 Å². The van der Waals surface area contributed by atoms with Gasteiger partial charge in [-0.25, -0.2) is 8.42 Å². The Kier molecular flexibility index (Phi) is 4.68. The van der Waals surface area contributed by atoms with Gasteiger partial charge in [-0.3, -0.25) is 9.59 Å². The van der Waals surface area contributed by atoms with Gasteiger partial charge in [-0.05, 0) is 37.6 Å². The minimum Gasteiger partial charge on any atom is -0.307 e. The monoisotopic (exact) mass is 329 g/mol. The first-order valence-electron chi connectivity index (χ1n) is 6.53. The molecule has 0 N–H and O–H groups in total. The molecule has 1 heterocycles. The van der Waals surface area contributed by atoms with Gasteiger partial charge >= 0.3 is 0 Å². The van der Waals surface area contributed by atoms with Crippen LogP contribution in [0.15, 0.2) is 24.3 Å². The van der Waals surface area contributed by atoms with Crippen molar-refractivity contribution in [2.75, 3.05) is 22.3 Å². The fourth-order valence-corrected chi connectivity index (χ4v) is 4.29. The zero-order valence-electron chi connectivity index (χ0n) is 11.6. The first-order chi connectivity index (χ1) is 9.84. The molecule has 1 aromatic carbocycles. The number of hydrogen-bond acceptors (Lipinski definition) is 4. The van der Waals surface area contributed by atoms with Crippen molar-refractivity contribution in [3.05, 3.63) is 29.8 Å². The van der Waals surface area contributed by atoms with Crippen molar-refractivity contribution in [2.24, 2.45) is 0 Å². The summed E-state index contributed by atoms with van der Waals surface area (Å²) in [5.74, 6) is -0.598. The number of alkyl halides is 1. The van der Waals surface area contributed by atoms with E-state index >= 15 is 0 Å². The maximum absolute atomic E-state index is 12.1. The molecule has 1 atom stereocenters. The van der Waals surface area contributed by atoms with Crippen LogP contribution >= 0.6 is 11.6 Å². The predicted molar refractivity (Wildman–Crippen MR) is 81.7 cm³/mol. The molecular formula is C14H16ClNO4S. The molecule has 0 spiro atoms. The van der Waals surface area contributed by atoms with Gasteiger partial charge in [0.1, 0.15) is 5.88 Å². The maximum atomic E-state index is 12.1. The summed E-state index contributed by atoms with van der Waals surface area (Å²) in [5, 5.41) is 0. The van der Waals surface area contributed by atoms with Crippen LogP contribution in [0.2, 0.25) is 0 Å². The highest BCUT2D eigenvalue weighted by atomic mass is 35.5. The van der Waals surface area contributed by atoms with E-state index in [0.29, 0.717) is 17.7 Å².